The summed E-state index contributed by atoms with van der Waals surface area (Å²) in [6.45, 7) is 4.19. The molecule has 0 aromatic carbocycles. The molecular formula is C12H20N4O2S. The third-order valence-corrected chi connectivity index (χ3v) is 3.43. The van der Waals surface area contributed by atoms with Gasteiger partial charge in [0.05, 0.1) is 17.6 Å². The Morgan fingerprint density at radius 1 is 1.42 bits per heavy atom. The van der Waals surface area contributed by atoms with E-state index in [9.17, 15) is 9.59 Å². The number of rotatable bonds is 7. The number of aromatic nitrogens is 1. The topological polar surface area (TPSA) is 97.1 Å². The van der Waals surface area contributed by atoms with Gasteiger partial charge in [0.25, 0.3) is 0 Å². The minimum Gasteiger partial charge on any atom is -0.354 e. The van der Waals surface area contributed by atoms with Crippen molar-refractivity contribution in [2.45, 2.75) is 26.3 Å². The molecule has 1 rings (SSSR count). The molecule has 0 aliphatic carbocycles. The largest absolute Gasteiger partial charge is 0.354 e. The van der Waals surface area contributed by atoms with Gasteiger partial charge in [0.15, 0.2) is 0 Å². The van der Waals surface area contributed by atoms with Crippen LogP contribution in [0.1, 0.15) is 18.9 Å². The Bertz CT molecular complexity index is 406. The van der Waals surface area contributed by atoms with Crippen LogP contribution in [0.3, 0.4) is 0 Å². The first-order valence-electron chi connectivity index (χ1n) is 6.19. The lowest BCUT2D eigenvalue weighted by Gasteiger charge is -2.15. The molecule has 4 N–H and O–H groups in total. The average Bonchev–Trinajstić information content (AvgIpc) is 2.88. The van der Waals surface area contributed by atoms with E-state index in [0.717, 1.165) is 5.01 Å². The standard InChI is InChI=1S/C12H20N4O2S/c1-8(2)11(13)12(18)16-7-9(17)14-4-3-10-15-5-6-19-10/h5-6,8,11H,3-4,7,13H2,1-2H3,(H,14,17)(H,16,18)/t11-/m0/s1. The fourth-order valence-electron chi connectivity index (χ4n) is 1.34. The summed E-state index contributed by atoms with van der Waals surface area (Å²) in [5, 5.41) is 8.11. The number of amides is 2. The van der Waals surface area contributed by atoms with Crippen molar-refractivity contribution in [3.8, 4) is 0 Å². The SMILES string of the molecule is CC(C)[C@H](N)C(=O)NCC(=O)NCCc1nccs1. The summed E-state index contributed by atoms with van der Waals surface area (Å²) in [6.07, 6.45) is 2.43. The van der Waals surface area contributed by atoms with Crippen LogP contribution in [0.4, 0.5) is 0 Å². The van der Waals surface area contributed by atoms with Gasteiger partial charge >= 0.3 is 0 Å². The van der Waals surface area contributed by atoms with E-state index in [1.807, 2.05) is 19.2 Å². The van der Waals surface area contributed by atoms with Crippen molar-refractivity contribution in [2.24, 2.45) is 11.7 Å². The van der Waals surface area contributed by atoms with Gasteiger partial charge in [-0.25, -0.2) is 4.98 Å². The molecule has 19 heavy (non-hydrogen) atoms. The van der Waals surface area contributed by atoms with Gasteiger partial charge < -0.3 is 16.4 Å². The molecule has 0 aliphatic heterocycles. The third-order valence-electron chi connectivity index (χ3n) is 2.59. The van der Waals surface area contributed by atoms with Crippen molar-refractivity contribution in [3.05, 3.63) is 16.6 Å². The van der Waals surface area contributed by atoms with Crippen molar-refractivity contribution >= 4 is 23.2 Å². The highest BCUT2D eigenvalue weighted by atomic mass is 32.1. The number of carbonyl (C=O) groups is 2. The maximum atomic E-state index is 11.5. The number of hydrogen-bond acceptors (Lipinski definition) is 5. The lowest BCUT2D eigenvalue weighted by atomic mass is 10.1. The van der Waals surface area contributed by atoms with Gasteiger partial charge in [-0.3, -0.25) is 9.59 Å². The van der Waals surface area contributed by atoms with Crippen LogP contribution in [0.15, 0.2) is 11.6 Å². The maximum absolute atomic E-state index is 11.5. The number of nitrogens with one attached hydrogen (secondary N) is 2. The molecule has 106 valence electrons. The molecule has 0 radical (unpaired) electrons. The predicted molar refractivity (Wildman–Crippen MR) is 74.7 cm³/mol. The lowest BCUT2D eigenvalue weighted by molar-refractivity contribution is -0.127. The van der Waals surface area contributed by atoms with Crippen LogP contribution in [0, 0.1) is 5.92 Å². The fraction of sp³-hybridized carbons (Fsp3) is 0.583. The Hall–Kier alpha value is -1.47. The van der Waals surface area contributed by atoms with Crippen LogP contribution in [0.5, 0.6) is 0 Å². The Morgan fingerprint density at radius 2 is 2.16 bits per heavy atom. The highest BCUT2D eigenvalue weighted by Crippen LogP contribution is 2.03. The Balaban J connectivity index is 2.16. The van der Waals surface area contributed by atoms with Crippen molar-refractivity contribution in [1.29, 1.82) is 0 Å². The second-order valence-corrected chi connectivity index (χ2v) is 5.49. The van der Waals surface area contributed by atoms with Crippen LogP contribution in [-0.4, -0.2) is 35.9 Å². The predicted octanol–water partition coefficient (Wildman–Crippen LogP) is -0.0987. The van der Waals surface area contributed by atoms with Crippen molar-refractivity contribution in [2.75, 3.05) is 13.1 Å². The van der Waals surface area contributed by atoms with Gasteiger partial charge in [-0.05, 0) is 5.92 Å². The number of thiazole rings is 1. The average molecular weight is 284 g/mol. The quantitative estimate of drug-likeness (QED) is 0.651. The zero-order valence-electron chi connectivity index (χ0n) is 11.2. The summed E-state index contributed by atoms with van der Waals surface area (Å²) in [4.78, 5) is 27.1. The Kier molecular flexibility index (Phi) is 6.44. The molecule has 1 atom stereocenters. The van der Waals surface area contributed by atoms with Crippen molar-refractivity contribution < 1.29 is 9.59 Å². The highest BCUT2D eigenvalue weighted by molar-refractivity contribution is 7.09. The summed E-state index contributed by atoms with van der Waals surface area (Å²) >= 11 is 1.55. The van der Waals surface area contributed by atoms with E-state index in [-0.39, 0.29) is 24.3 Å². The minimum atomic E-state index is -0.580. The normalized spacial score (nSPS) is 12.2. The number of hydrogen-bond donors (Lipinski definition) is 3. The molecule has 0 aliphatic rings. The summed E-state index contributed by atoms with van der Waals surface area (Å²) in [7, 11) is 0. The van der Waals surface area contributed by atoms with Gasteiger partial charge in [-0.15, -0.1) is 11.3 Å². The number of nitrogens with two attached hydrogens (primary N) is 1. The molecular weight excluding hydrogens is 264 g/mol. The van der Waals surface area contributed by atoms with Crippen LogP contribution in [-0.2, 0) is 16.0 Å². The first-order chi connectivity index (χ1) is 9.00. The lowest BCUT2D eigenvalue weighted by Crippen LogP contribution is -2.47. The van der Waals surface area contributed by atoms with Gasteiger partial charge in [0.1, 0.15) is 0 Å². The number of nitrogens with zero attached hydrogens (tertiary/aromatic N) is 1. The summed E-state index contributed by atoms with van der Waals surface area (Å²) in [6, 6.07) is -0.580. The van der Waals surface area contributed by atoms with E-state index < -0.39 is 6.04 Å². The molecule has 1 aromatic rings. The molecule has 0 saturated heterocycles. The van der Waals surface area contributed by atoms with E-state index in [1.54, 1.807) is 17.5 Å². The minimum absolute atomic E-state index is 0.0445. The van der Waals surface area contributed by atoms with Crippen molar-refractivity contribution in [3.63, 3.8) is 0 Å². The summed E-state index contributed by atoms with van der Waals surface area (Å²) < 4.78 is 0. The molecule has 0 fully saturated rings. The zero-order valence-corrected chi connectivity index (χ0v) is 12.0. The fourth-order valence-corrected chi connectivity index (χ4v) is 1.96. The molecule has 0 bridgehead atoms. The van der Waals surface area contributed by atoms with Crippen LogP contribution in [0.2, 0.25) is 0 Å². The van der Waals surface area contributed by atoms with Gasteiger partial charge in [0.2, 0.25) is 11.8 Å². The second kappa shape index (κ2) is 7.85. The zero-order chi connectivity index (χ0) is 14.3. The van der Waals surface area contributed by atoms with Crippen LogP contribution in [0.25, 0.3) is 0 Å². The summed E-state index contributed by atoms with van der Waals surface area (Å²) in [5.41, 5.74) is 5.66. The Morgan fingerprint density at radius 3 is 2.74 bits per heavy atom. The first kappa shape index (κ1) is 15.6. The molecule has 6 nitrogen and oxygen atoms in total. The molecule has 0 saturated carbocycles. The van der Waals surface area contributed by atoms with E-state index in [1.165, 1.54) is 0 Å². The third kappa shape index (κ3) is 5.80. The highest BCUT2D eigenvalue weighted by Gasteiger charge is 2.17. The van der Waals surface area contributed by atoms with E-state index in [0.29, 0.717) is 13.0 Å². The van der Waals surface area contributed by atoms with Crippen molar-refractivity contribution in [1.82, 2.24) is 15.6 Å². The smallest absolute Gasteiger partial charge is 0.239 e. The van der Waals surface area contributed by atoms with Crippen LogP contribution < -0.4 is 16.4 Å². The molecule has 0 spiro atoms. The van der Waals surface area contributed by atoms with E-state index >= 15 is 0 Å². The Labute approximate surface area is 116 Å². The molecule has 0 unspecified atom stereocenters. The van der Waals surface area contributed by atoms with Gasteiger partial charge in [-0.1, -0.05) is 13.8 Å². The molecule has 7 heteroatoms. The molecule has 2 amide bonds. The van der Waals surface area contributed by atoms with Gasteiger partial charge in [0, 0.05) is 24.5 Å². The monoisotopic (exact) mass is 284 g/mol. The van der Waals surface area contributed by atoms with Crippen LogP contribution >= 0.6 is 11.3 Å². The second-order valence-electron chi connectivity index (χ2n) is 4.51. The maximum Gasteiger partial charge on any atom is 0.239 e. The van der Waals surface area contributed by atoms with E-state index in [4.69, 9.17) is 5.73 Å². The van der Waals surface area contributed by atoms with E-state index in [2.05, 4.69) is 15.6 Å². The molecule has 1 aromatic heterocycles. The summed E-state index contributed by atoms with van der Waals surface area (Å²) in [5.74, 6) is -0.473. The molecule has 1 heterocycles. The van der Waals surface area contributed by atoms with Gasteiger partial charge in [-0.2, -0.15) is 0 Å². The first-order valence-corrected chi connectivity index (χ1v) is 7.07. The number of carbonyl (C=O) groups excluding carboxylic acids is 2.